The molecule has 0 aliphatic carbocycles. The van der Waals surface area contributed by atoms with Crippen LogP contribution in [-0.4, -0.2) is 41.3 Å². The minimum Gasteiger partial charge on any atom is -0.355 e. The molecule has 0 bridgehead atoms. The molecule has 1 fully saturated rings. The van der Waals surface area contributed by atoms with Crippen LogP contribution in [0.5, 0.6) is 0 Å². The van der Waals surface area contributed by atoms with Crippen LogP contribution in [0.4, 0.5) is 14.6 Å². The highest BCUT2D eigenvalue weighted by Gasteiger charge is 2.23. The molecule has 0 amide bonds. The topological polar surface area (TPSA) is 32.3 Å². The van der Waals surface area contributed by atoms with Gasteiger partial charge in [-0.25, -0.2) is 8.78 Å². The predicted octanol–water partition coefficient (Wildman–Crippen LogP) is 3.51. The number of likely N-dealkylation sites (tertiary alicyclic amines) is 1. The minimum absolute atomic E-state index is 0.377. The van der Waals surface area contributed by atoms with Crippen LogP contribution >= 0.6 is 11.6 Å². The van der Waals surface area contributed by atoms with Crippen molar-refractivity contribution in [2.75, 3.05) is 25.0 Å². The number of rotatable bonds is 4. The molecule has 0 N–H and O–H groups in total. The molecule has 0 atom stereocenters. The molecule has 3 rings (SSSR count). The van der Waals surface area contributed by atoms with E-state index in [1.165, 1.54) is 12.1 Å². The van der Waals surface area contributed by atoms with Crippen molar-refractivity contribution in [1.82, 2.24) is 15.1 Å². The molecule has 1 aromatic heterocycles. The SMILES string of the molecule is CN(c1ccc(Cl)nn1)C1CCN(Cc2ccc(F)c(F)c2)CC1. The second kappa shape index (κ2) is 7.40. The number of halogens is 3. The Morgan fingerprint density at radius 2 is 1.88 bits per heavy atom. The van der Waals surface area contributed by atoms with Crippen LogP contribution in [0.3, 0.4) is 0 Å². The van der Waals surface area contributed by atoms with Gasteiger partial charge in [0.25, 0.3) is 0 Å². The summed E-state index contributed by atoms with van der Waals surface area (Å²) < 4.78 is 26.3. The molecule has 0 unspecified atom stereocenters. The second-order valence-electron chi connectivity index (χ2n) is 6.08. The highest BCUT2D eigenvalue weighted by atomic mass is 35.5. The third kappa shape index (κ3) is 3.99. The van der Waals surface area contributed by atoms with Crippen molar-refractivity contribution >= 4 is 17.4 Å². The van der Waals surface area contributed by atoms with Gasteiger partial charge in [0.15, 0.2) is 22.6 Å². The first-order chi connectivity index (χ1) is 11.5. The van der Waals surface area contributed by atoms with Crippen LogP contribution in [0.15, 0.2) is 30.3 Å². The lowest BCUT2D eigenvalue weighted by molar-refractivity contribution is 0.203. The fourth-order valence-corrected chi connectivity index (χ4v) is 3.15. The molecule has 0 saturated carbocycles. The molecule has 7 heteroatoms. The summed E-state index contributed by atoms with van der Waals surface area (Å²) in [6.07, 6.45) is 1.95. The van der Waals surface area contributed by atoms with Crippen molar-refractivity contribution in [3.8, 4) is 0 Å². The molecule has 2 heterocycles. The fourth-order valence-electron chi connectivity index (χ4n) is 3.05. The summed E-state index contributed by atoms with van der Waals surface area (Å²) in [6, 6.07) is 8.07. The Balaban J connectivity index is 1.55. The lowest BCUT2D eigenvalue weighted by atomic mass is 10.0. The van der Waals surface area contributed by atoms with E-state index in [0.29, 0.717) is 17.7 Å². The Kier molecular flexibility index (Phi) is 5.26. The molecule has 0 radical (unpaired) electrons. The molecule has 4 nitrogen and oxygen atoms in total. The van der Waals surface area contributed by atoms with E-state index in [0.717, 1.165) is 37.3 Å². The smallest absolute Gasteiger partial charge is 0.159 e. The molecular formula is C17H19ClF2N4. The largest absolute Gasteiger partial charge is 0.355 e. The van der Waals surface area contributed by atoms with Crippen LogP contribution in [0.2, 0.25) is 5.15 Å². The van der Waals surface area contributed by atoms with Gasteiger partial charge < -0.3 is 4.90 Å². The number of nitrogens with zero attached hydrogens (tertiary/aromatic N) is 4. The zero-order chi connectivity index (χ0) is 17.1. The molecule has 1 aliphatic heterocycles. The standard InChI is InChI=1S/C17H19ClF2N4/c1-23(17-5-4-16(18)21-22-17)13-6-8-24(9-7-13)11-12-2-3-14(19)15(20)10-12/h2-5,10,13H,6-9,11H2,1H3. The third-order valence-electron chi connectivity index (χ3n) is 4.47. The summed E-state index contributed by atoms with van der Waals surface area (Å²) >= 11 is 5.77. The summed E-state index contributed by atoms with van der Waals surface area (Å²) in [5, 5.41) is 8.37. The Hall–Kier alpha value is -1.79. The van der Waals surface area contributed by atoms with Gasteiger partial charge in [0.1, 0.15) is 0 Å². The number of anilines is 1. The fraction of sp³-hybridized carbons (Fsp3) is 0.412. The van der Waals surface area contributed by atoms with Crippen LogP contribution in [0, 0.1) is 11.6 Å². The van der Waals surface area contributed by atoms with E-state index in [1.54, 1.807) is 12.1 Å². The van der Waals surface area contributed by atoms with Crippen LogP contribution < -0.4 is 4.90 Å². The molecule has 24 heavy (non-hydrogen) atoms. The molecule has 1 aliphatic rings. The van der Waals surface area contributed by atoms with Gasteiger partial charge in [0.2, 0.25) is 0 Å². The Morgan fingerprint density at radius 1 is 1.12 bits per heavy atom. The summed E-state index contributed by atoms with van der Waals surface area (Å²) in [5.41, 5.74) is 0.796. The summed E-state index contributed by atoms with van der Waals surface area (Å²) in [5.74, 6) is -0.787. The highest BCUT2D eigenvalue weighted by Crippen LogP contribution is 2.22. The van der Waals surface area contributed by atoms with Gasteiger partial charge in [-0.1, -0.05) is 17.7 Å². The maximum atomic E-state index is 13.3. The molecule has 1 aromatic carbocycles. The Morgan fingerprint density at radius 3 is 2.50 bits per heavy atom. The first kappa shape index (κ1) is 17.0. The number of piperidine rings is 1. The Bertz CT molecular complexity index is 687. The summed E-state index contributed by atoms with van der Waals surface area (Å²) in [7, 11) is 2.01. The Labute approximate surface area is 145 Å². The zero-order valence-electron chi connectivity index (χ0n) is 13.4. The monoisotopic (exact) mass is 352 g/mol. The van der Waals surface area contributed by atoms with Crippen molar-refractivity contribution in [3.63, 3.8) is 0 Å². The second-order valence-corrected chi connectivity index (χ2v) is 6.47. The number of hydrogen-bond acceptors (Lipinski definition) is 4. The van der Waals surface area contributed by atoms with Crippen molar-refractivity contribution < 1.29 is 8.78 Å². The van der Waals surface area contributed by atoms with Gasteiger partial charge in [0.05, 0.1) is 0 Å². The van der Waals surface area contributed by atoms with Crippen molar-refractivity contribution in [1.29, 1.82) is 0 Å². The average Bonchev–Trinajstić information content (AvgIpc) is 2.59. The average molecular weight is 353 g/mol. The molecule has 1 saturated heterocycles. The van der Waals surface area contributed by atoms with E-state index >= 15 is 0 Å². The molecule has 0 spiro atoms. The van der Waals surface area contributed by atoms with E-state index in [1.807, 2.05) is 13.1 Å². The van der Waals surface area contributed by atoms with Gasteiger partial charge >= 0.3 is 0 Å². The first-order valence-corrected chi connectivity index (χ1v) is 8.29. The van der Waals surface area contributed by atoms with Crippen LogP contribution in [0.1, 0.15) is 18.4 Å². The molecule has 2 aromatic rings. The van der Waals surface area contributed by atoms with Crippen molar-refractivity contribution in [3.05, 3.63) is 52.7 Å². The van der Waals surface area contributed by atoms with Gasteiger partial charge in [0, 0.05) is 32.7 Å². The highest BCUT2D eigenvalue weighted by molar-refractivity contribution is 6.29. The minimum atomic E-state index is -0.803. The van der Waals surface area contributed by atoms with E-state index in [4.69, 9.17) is 11.6 Å². The first-order valence-electron chi connectivity index (χ1n) is 7.91. The van der Waals surface area contributed by atoms with Crippen molar-refractivity contribution in [2.24, 2.45) is 0 Å². The van der Waals surface area contributed by atoms with Crippen LogP contribution in [0.25, 0.3) is 0 Å². The van der Waals surface area contributed by atoms with E-state index in [-0.39, 0.29) is 0 Å². The molecule has 128 valence electrons. The number of hydrogen-bond donors (Lipinski definition) is 0. The predicted molar refractivity (Wildman–Crippen MR) is 90.1 cm³/mol. The van der Waals surface area contributed by atoms with Crippen LogP contribution in [-0.2, 0) is 6.54 Å². The lowest BCUT2D eigenvalue weighted by Crippen LogP contribution is -2.43. The van der Waals surface area contributed by atoms with Gasteiger partial charge in [-0.2, -0.15) is 0 Å². The quantitative estimate of drug-likeness (QED) is 0.843. The summed E-state index contributed by atoms with van der Waals surface area (Å²) in [4.78, 5) is 4.38. The summed E-state index contributed by atoms with van der Waals surface area (Å²) in [6.45, 7) is 2.43. The van der Waals surface area contributed by atoms with E-state index in [9.17, 15) is 8.78 Å². The van der Waals surface area contributed by atoms with E-state index < -0.39 is 11.6 Å². The molecular weight excluding hydrogens is 334 g/mol. The number of aromatic nitrogens is 2. The van der Waals surface area contributed by atoms with Gasteiger partial charge in [-0.05, 0) is 42.7 Å². The lowest BCUT2D eigenvalue weighted by Gasteiger charge is -2.37. The maximum absolute atomic E-state index is 13.3. The maximum Gasteiger partial charge on any atom is 0.159 e. The van der Waals surface area contributed by atoms with E-state index in [2.05, 4.69) is 20.0 Å². The van der Waals surface area contributed by atoms with Gasteiger partial charge in [-0.15, -0.1) is 10.2 Å². The third-order valence-corrected chi connectivity index (χ3v) is 4.68. The number of benzene rings is 1. The van der Waals surface area contributed by atoms with Gasteiger partial charge in [-0.3, -0.25) is 4.90 Å². The van der Waals surface area contributed by atoms with Crippen molar-refractivity contribution in [2.45, 2.75) is 25.4 Å². The zero-order valence-corrected chi connectivity index (χ0v) is 14.2. The normalized spacial score (nSPS) is 16.3.